The lowest BCUT2D eigenvalue weighted by atomic mass is 10.2. The monoisotopic (exact) mass is 135 g/mol. The van der Waals surface area contributed by atoms with Crippen molar-refractivity contribution in [2.24, 2.45) is 10.9 Å². The maximum Gasteiger partial charge on any atom is 0.0559 e. The molecule has 1 heterocycles. The van der Waals surface area contributed by atoms with Gasteiger partial charge in [-0.1, -0.05) is 6.58 Å². The molecule has 1 aromatic heterocycles. The number of aromatic amines is 1. The smallest absolute Gasteiger partial charge is 0.0559 e. The average Bonchev–Trinajstić information content (AvgIpc) is 2.36. The van der Waals surface area contributed by atoms with Crippen LogP contribution in [0.3, 0.4) is 0 Å². The van der Waals surface area contributed by atoms with Gasteiger partial charge in [0.1, 0.15) is 0 Å². The van der Waals surface area contributed by atoms with Gasteiger partial charge >= 0.3 is 0 Å². The maximum absolute atomic E-state index is 4.96. The number of nitrogens with two attached hydrogens (primary N) is 1. The zero-order valence-electron chi connectivity index (χ0n) is 5.54. The van der Waals surface area contributed by atoms with E-state index in [-0.39, 0.29) is 0 Å². The lowest BCUT2D eigenvalue weighted by molar-refractivity contribution is 1.26. The summed E-state index contributed by atoms with van der Waals surface area (Å²) < 4.78 is 0. The Kier molecular flexibility index (Phi) is 1.89. The van der Waals surface area contributed by atoms with Gasteiger partial charge in [-0.05, 0) is 12.1 Å². The number of aromatic nitrogens is 1. The Morgan fingerprint density at radius 1 is 1.70 bits per heavy atom. The lowest BCUT2D eigenvalue weighted by Crippen LogP contribution is -1.86. The molecule has 0 saturated heterocycles. The normalized spacial score (nSPS) is 10.4. The molecular formula is C7H9N3. The highest BCUT2D eigenvalue weighted by atomic mass is 15.1. The van der Waals surface area contributed by atoms with Crippen molar-refractivity contribution < 1.29 is 0 Å². The van der Waals surface area contributed by atoms with Gasteiger partial charge < -0.3 is 10.8 Å². The third kappa shape index (κ3) is 1.07. The van der Waals surface area contributed by atoms with Gasteiger partial charge in [0.15, 0.2) is 0 Å². The number of hydrogen-bond donors (Lipinski definition) is 2. The zero-order valence-corrected chi connectivity index (χ0v) is 5.54. The summed E-state index contributed by atoms with van der Waals surface area (Å²) in [5, 5.41) is 3.39. The summed E-state index contributed by atoms with van der Waals surface area (Å²) >= 11 is 0. The van der Waals surface area contributed by atoms with E-state index in [0.29, 0.717) is 0 Å². The highest BCUT2D eigenvalue weighted by Gasteiger charge is 1.93. The molecule has 0 radical (unpaired) electrons. The second-order valence-electron chi connectivity index (χ2n) is 1.83. The molecule has 0 spiro atoms. The van der Waals surface area contributed by atoms with Crippen LogP contribution in [0.15, 0.2) is 23.9 Å². The maximum atomic E-state index is 4.96. The van der Waals surface area contributed by atoms with Crippen molar-refractivity contribution in [3.63, 3.8) is 0 Å². The van der Waals surface area contributed by atoms with Gasteiger partial charge in [-0.2, -0.15) is 5.10 Å². The van der Waals surface area contributed by atoms with Crippen molar-refractivity contribution in [2.45, 2.75) is 0 Å². The molecule has 0 aliphatic rings. The molecule has 0 amide bonds. The van der Waals surface area contributed by atoms with Crippen molar-refractivity contribution in [3.8, 4) is 0 Å². The quantitative estimate of drug-likeness (QED) is 0.354. The van der Waals surface area contributed by atoms with E-state index in [0.717, 1.165) is 11.3 Å². The molecule has 0 atom stereocenters. The highest BCUT2D eigenvalue weighted by molar-refractivity contribution is 5.84. The second-order valence-corrected chi connectivity index (χ2v) is 1.83. The first-order valence-electron chi connectivity index (χ1n) is 2.91. The number of nitrogens with zero attached hydrogens (tertiary/aromatic N) is 1. The standard InChI is InChI=1S/C7H9N3/c1-2-7-6(5-10-8)3-4-9-7/h2-5,9H,1,8H2/b10-5-. The molecule has 3 N–H and O–H groups in total. The minimum absolute atomic E-state index is 0.939. The predicted octanol–water partition coefficient (Wildman–Crippen LogP) is 0.950. The van der Waals surface area contributed by atoms with Crippen LogP contribution in [0.4, 0.5) is 0 Å². The molecule has 0 aliphatic heterocycles. The topological polar surface area (TPSA) is 54.2 Å². The molecule has 0 aromatic carbocycles. The van der Waals surface area contributed by atoms with E-state index >= 15 is 0 Å². The van der Waals surface area contributed by atoms with E-state index in [2.05, 4.69) is 16.7 Å². The number of rotatable bonds is 2. The van der Waals surface area contributed by atoms with E-state index in [1.807, 2.05) is 12.3 Å². The van der Waals surface area contributed by atoms with Crippen LogP contribution < -0.4 is 5.84 Å². The van der Waals surface area contributed by atoms with E-state index in [1.165, 1.54) is 0 Å². The van der Waals surface area contributed by atoms with Gasteiger partial charge in [-0.3, -0.25) is 0 Å². The molecule has 0 saturated carbocycles. The molecule has 0 bridgehead atoms. The third-order valence-corrected chi connectivity index (χ3v) is 1.23. The van der Waals surface area contributed by atoms with Gasteiger partial charge in [0.2, 0.25) is 0 Å². The SMILES string of the molecule is C=Cc1[nH]ccc1/C=N\N. The van der Waals surface area contributed by atoms with Crippen molar-refractivity contribution in [1.82, 2.24) is 4.98 Å². The van der Waals surface area contributed by atoms with Gasteiger partial charge in [0.25, 0.3) is 0 Å². The first kappa shape index (κ1) is 6.61. The van der Waals surface area contributed by atoms with E-state index in [9.17, 15) is 0 Å². The zero-order chi connectivity index (χ0) is 7.40. The minimum Gasteiger partial charge on any atom is -0.361 e. The van der Waals surface area contributed by atoms with Gasteiger partial charge in [-0.15, -0.1) is 0 Å². The molecular weight excluding hydrogens is 126 g/mol. The van der Waals surface area contributed by atoms with Crippen LogP contribution in [0.2, 0.25) is 0 Å². The Balaban J connectivity index is 3.00. The molecule has 3 nitrogen and oxygen atoms in total. The number of H-pyrrole nitrogens is 1. The van der Waals surface area contributed by atoms with Gasteiger partial charge in [-0.25, -0.2) is 0 Å². The van der Waals surface area contributed by atoms with Crippen LogP contribution in [0.1, 0.15) is 11.3 Å². The number of hydrazone groups is 1. The predicted molar refractivity (Wildman–Crippen MR) is 42.7 cm³/mol. The summed E-state index contributed by atoms with van der Waals surface area (Å²) in [5.41, 5.74) is 1.90. The minimum atomic E-state index is 0.939. The lowest BCUT2D eigenvalue weighted by Gasteiger charge is -1.86. The second kappa shape index (κ2) is 2.87. The van der Waals surface area contributed by atoms with Crippen LogP contribution in [0.5, 0.6) is 0 Å². The van der Waals surface area contributed by atoms with E-state index in [4.69, 9.17) is 5.84 Å². The molecule has 0 aliphatic carbocycles. The summed E-state index contributed by atoms with van der Waals surface area (Å²) in [7, 11) is 0. The Morgan fingerprint density at radius 2 is 2.50 bits per heavy atom. The molecule has 1 aromatic rings. The summed E-state index contributed by atoms with van der Waals surface area (Å²) in [5.74, 6) is 4.96. The van der Waals surface area contributed by atoms with E-state index < -0.39 is 0 Å². The number of hydrogen-bond acceptors (Lipinski definition) is 2. The largest absolute Gasteiger partial charge is 0.361 e. The van der Waals surface area contributed by atoms with Crippen molar-refractivity contribution >= 4 is 12.3 Å². The van der Waals surface area contributed by atoms with Crippen LogP contribution in [-0.4, -0.2) is 11.2 Å². The summed E-state index contributed by atoms with van der Waals surface area (Å²) in [6, 6.07) is 1.88. The fraction of sp³-hybridized carbons (Fsp3) is 0. The summed E-state index contributed by atoms with van der Waals surface area (Å²) in [6.45, 7) is 3.61. The first-order valence-corrected chi connectivity index (χ1v) is 2.91. The fourth-order valence-electron chi connectivity index (χ4n) is 0.764. The average molecular weight is 135 g/mol. The Bertz CT molecular complexity index is 247. The summed E-state index contributed by atoms with van der Waals surface area (Å²) in [4.78, 5) is 2.98. The molecule has 10 heavy (non-hydrogen) atoms. The van der Waals surface area contributed by atoms with Crippen molar-refractivity contribution in [2.75, 3.05) is 0 Å². The molecule has 52 valence electrons. The Labute approximate surface area is 59.3 Å². The van der Waals surface area contributed by atoms with Crippen LogP contribution in [0.25, 0.3) is 6.08 Å². The van der Waals surface area contributed by atoms with Crippen molar-refractivity contribution in [1.29, 1.82) is 0 Å². The molecule has 0 fully saturated rings. The van der Waals surface area contributed by atoms with Crippen LogP contribution >= 0.6 is 0 Å². The Hall–Kier alpha value is -1.51. The number of nitrogens with one attached hydrogen (secondary N) is 1. The molecule has 3 heteroatoms. The first-order chi connectivity index (χ1) is 4.88. The van der Waals surface area contributed by atoms with Crippen LogP contribution in [0, 0.1) is 0 Å². The van der Waals surface area contributed by atoms with Crippen molar-refractivity contribution in [3.05, 3.63) is 30.1 Å². The third-order valence-electron chi connectivity index (χ3n) is 1.23. The molecule has 0 unspecified atom stereocenters. The Morgan fingerprint density at radius 3 is 3.10 bits per heavy atom. The fourth-order valence-corrected chi connectivity index (χ4v) is 0.764. The summed E-state index contributed by atoms with van der Waals surface area (Å²) in [6.07, 6.45) is 5.11. The van der Waals surface area contributed by atoms with Crippen LogP contribution in [-0.2, 0) is 0 Å². The molecule has 1 rings (SSSR count). The van der Waals surface area contributed by atoms with Gasteiger partial charge in [0.05, 0.1) is 6.21 Å². The van der Waals surface area contributed by atoms with Gasteiger partial charge in [0, 0.05) is 17.5 Å². The highest BCUT2D eigenvalue weighted by Crippen LogP contribution is 2.03. The van der Waals surface area contributed by atoms with E-state index in [1.54, 1.807) is 12.3 Å².